The Morgan fingerprint density at radius 1 is 1.32 bits per heavy atom. The molecule has 0 spiro atoms. The second-order valence-corrected chi connectivity index (χ2v) is 6.50. The van der Waals surface area contributed by atoms with E-state index in [0.717, 1.165) is 18.8 Å². The van der Waals surface area contributed by atoms with Crippen LogP contribution in [-0.2, 0) is 6.54 Å². The molecule has 0 atom stereocenters. The fourth-order valence-electron chi connectivity index (χ4n) is 2.74. The second-order valence-electron chi connectivity index (χ2n) is 5.22. The molecule has 106 valence electrons. The average Bonchev–Trinajstić information content (AvgIpc) is 2.48. The number of nitrogens with zero attached hydrogens (tertiary/aromatic N) is 1. The van der Waals surface area contributed by atoms with Crippen molar-refractivity contribution >= 4 is 11.8 Å². The van der Waals surface area contributed by atoms with Gasteiger partial charge in [0.25, 0.3) is 0 Å². The first-order valence-electron chi connectivity index (χ1n) is 7.04. The van der Waals surface area contributed by atoms with Gasteiger partial charge in [-0.1, -0.05) is 25.3 Å². The lowest BCUT2D eigenvalue weighted by molar-refractivity contribution is 0.376. The molecular weight excluding hydrogens is 256 g/mol. The maximum Gasteiger partial charge on any atom is 0.213 e. The van der Waals surface area contributed by atoms with E-state index in [0.29, 0.717) is 10.6 Å². The number of aromatic nitrogens is 1. The zero-order valence-corrected chi connectivity index (χ0v) is 12.8. The molecular formula is C15H24N2OS. The van der Waals surface area contributed by atoms with Crippen LogP contribution < -0.4 is 10.1 Å². The molecule has 0 bridgehead atoms. The Balaban J connectivity index is 1.84. The summed E-state index contributed by atoms with van der Waals surface area (Å²) in [4.78, 5) is 4.43. The molecule has 1 N–H and O–H groups in total. The van der Waals surface area contributed by atoms with Crippen LogP contribution in [0.3, 0.4) is 0 Å². The number of nitrogens with one attached hydrogen (secondary N) is 1. The van der Waals surface area contributed by atoms with Gasteiger partial charge >= 0.3 is 0 Å². The molecule has 1 aromatic rings. The molecule has 1 saturated carbocycles. The van der Waals surface area contributed by atoms with Gasteiger partial charge in [0.05, 0.1) is 12.8 Å². The maximum atomic E-state index is 5.15. The Morgan fingerprint density at radius 3 is 2.79 bits per heavy atom. The number of pyridine rings is 1. The predicted octanol–water partition coefficient (Wildman–Crippen LogP) is 3.25. The van der Waals surface area contributed by atoms with E-state index < -0.39 is 0 Å². The van der Waals surface area contributed by atoms with Gasteiger partial charge in [-0.15, -0.1) is 0 Å². The van der Waals surface area contributed by atoms with E-state index in [1.807, 2.05) is 30.0 Å². The van der Waals surface area contributed by atoms with Gasteiger partial charge in [0, 0.05) is 23.9 Å². The number of thioether (sulfide) groups is 1. The Morgan fingerprint density at radius 2 is 2.11 bits per heavy atom. The van der Waals surface area contributed by atoms with Crippen molar-refractivity contribution in [2.45, 2.75) is 43.4 Å². The van der Waals surface area contributed by atoms with Crippen LogP contribution in [0.1, 0.15) is 37.8 Å². The van der Waals surface area contributed by atoms with E-state index in [2.05, 4.69) is 16.6 Å². The highest BCUT2D eigenvalue weighted by Gasteiger charge is 2.30. The van der Waals surface area contributed by atoms with E-state index in [-0.39, 0.29) is 0 Å². The largest absolute Gasteiger partial charge is 0.481 e. The van der Waals surface area contributed by atoms with Gasteiger partial charge in [-0.2, -0.15) is 11.8 Å². The van der Waals surface area contributed by atoms with Crippen LogP contribution in [0.2, 0.25) is 0 Å². The van der Waals surface area contributed by atoms with Crippen LogP contribution in [0.25, 0.3) is 0 Å². The average molecular weight is 280 g/mol. The number of methoxy groups -OCH3 is 1. The molecule has 0 aromatic carbocycles. The van der Waals surface area contributed by atoms with Crippen LogP contribution >= 0.6 is 11.8 Å². The third-order valence-corrected chi connectivity index (χ3v) is 5.36. The van der Waals surface area contributed by atoms with Crippen LogP contribution in [0, 0.1) is 0 Å². The molecule has 1 aliphatic rings. The number of hydrogen-bond acceptors (Lipinski definition) is 4. The standard InChI is InChI=1S/C15H24N2OS/c1-18-14-8-6-7-13(17-14)11-16-12-15(19-2)9-4-3-5-10-15/h6-8,16H,3-5,9-12H2,1-2H3. The quantitative estimate of drug-likeness (QED) is 0.867. The summed E-state index contributed by atoms with van der Waals surface area (Å²) in [6, 6.07) is 5.92. The topological polar surface area (TPSA) is 34.1 Å². The molecule has 0 unspecified atom stereocenters. The highest BCUT2D eigenvalue weighted by molar-refractivity contribution is 8.00. The molecule has 0 radical (unpaired) electrons. The van der Waals surface area contributed by atoms with Crippen molar-refractivity contribution in [3.8, 4) is 5.88 Å². The summed E-state index contributed by atoms with van der Waals surface area (Å²) in [5.41, 5.74) is 1.05. The van der Waals surface area contributed by atoms with E-state index in [1.165, 1.54) is 32.1 Å². The number of hydrogen-bond donors (Lipinski definition) is 1. The summed E-state index contributed by atoms with van der Waals surface area (Å²) in [6.45, 7) is 1.90. The first-order valence-corrected chi connectivity index (χ1v) is 8.26. The van der Waals surface area contributed by atoms with Crippen molar-refractivity contribution in [2.75, 3.05) is 19.9 Å². The Bertz CT molecular complexity index is 391. The third kappa shape index (κ3) is 4.11. The lowest BCUT2D eigenvalue weighted by Gasteiger charge is -2.36. The second kappa shape index (κ2) is 7.15. The monoisotopic (exact) mass is 280 g/mol. The van der Waals surface area contributed by atoms with Gasteiger partial charge in [0.15, 0.2) is 0 Å². The molecule has 3 nitrogen and oxygen atoms in total. The molecule has 0 aliphatic heterocycles. The lowest BCUT2D eigenvalue weighted by atomic mass is 9.88. The Hall–Kier alpha value is -0.740. The van der Waals surface area contributed by atoms with E-state index in [9.17, 15) is 0 Å². The molecule has 1 fully saturated rings. The minimum Gasteiger partial charge on any atom is -0.481 e. The normalized spacial score (nSPS) is 18.2. The molecule has 0 saturated heterocycles. The van der Waals surface area contributed by atoms with Crippen molar-refractivity contribution in [1.82, 2.24) is 10.3 Å². The molecule has 0 amide bonds. The zero-order valence-electron chi connectivity index (χ0n) is 11.9. The van der Waals surface area contributed by atoms with Crippen molar-refractivity contribution in [2.24, 2.45) is 0 Å². The van der Waals surface area contributed by atoms with E-state index in [1.54, 1.807) is 7.11 Å². The molecule has 1 aliphatic carbocycles. The molecule has 1 heterocycles. The van der Waals surface area contributed by atoms with E-state index >= 15 is 0 Å². The van der Waals surface area contributed by atoms with Crippen LogP contribution in [0.5, 0.6) is 5.88 Å². The third-order valence-electron chi connectivity index (χ3n) is 3.94. The van der Waals surface area contributed by atoms with Gasteiger partial charge in [-0.05, 0) is 25.2 Å². The minimum atomic E-state index is 0.442. The molecule has 4 heteroatoms. The van der Waals surface area contributed by atoms with Crippen molar-refractivity contribution < 1.29 is 4.74 Å². The van der Waals surface area contributed by atoms with Gasteiger partial charge in [-0.3, -0.25) is 0 Å². The van der Waals surface area contributed by atoms with Crippen LogP contribution in [-0.4, -0.2) is 29.6 Å². The molecule has 1 aromatic heterocycles. The lowest BCUT2D eigenvalue weighted by Crippen LogP contribution is -2.39. The predicted molar refractivity (Wildman–Crippen MR) is 81.8 cm³/mol. The highest BCUT2D eigenvalue weighted by Crippen LogP contribution is 2.37. The van der Waals surface area contributed by atoms with Gasteiger partial charge in [0.2, 0.25) is 5.88 Å². The number of rotatable bonds is 6. The van der Waals surface area contributed by atoms with Gasteiger partial charge in [0.1, 0.15) is 0 Å². The van der Waals surface area contributed by atoms with Crippen LogP contribution in [0.4, 0.5) is 0 Å². The van der Waals surface area contributed by atoms with Crippen molar-refractivity contribution in [1.29, 1.82) is 0 Å². The minimum absolute atomic E-state index is 0.442. The zero-order chi connectivity index (χ0) is 13.6. The van der Waals surface area contributed by atoms with E-state index in [4.69, 9.17) is 4.74 Å². The van der Waals surface area contributed by atoms with Gasteiger partial charge in [-0.25, -0.2) is 4.98 Å². The summed E-state index contributed by atoms with van der Waals surface area (Å²) in [6.07, 6.45) is 9.08. The molecule has 2 rings (SSSR count). The van der Waals surface area contributed by atoms with Crippen LogP contribution in [0.15, 0.2) is 18.2 Å². The first kappa shape index (κ1) is 14.7. The fraction of sp³-hybridized carbons (Fsp3) is 0.667. The summed E-state index contributed by atoms with van der Waals surface area (Å²) in [5.74, 6) is 0.691. The fourth-order valence-corrected chi connectivity index (χ4v) is 3.68. The first-order chi connectivity index (χ1) is 9.28. The SMILES string of the molecule is COc1cccc(CNCC2(SC)CCCCC2)n1. The van der Waals surface area contributed by atoms with Crippen molar-refractivity contribution in [3.05, 3.63) is 23.9 Å². The summed E-state index contributed by atoms with van der Waals surface area (Å²) >= 11 is 2.03. The van der Waals surface area contributed by atoms with Crippen molar-refractivity contribution in [3.63, 3.8) is 0 Å². The Kier molecular flexibility index (Phi) is 5.52. The summed E-state index contributed by atoms with van der Waals surface area (Å²) in [7, 11) is 1.66. The smallest absolute Gasteiger partial charge is 0.213 e. The maximum absolute atomic E-state index is 5.15. The number of ether oxygens (including phenoxy) is 1. The summed E-state index contributed by atoms with van der Waals surface area (Å²) in [5, 5.41) is 3.58. The highest BCUT2D eigenvalue weighted by atomic mass is 32.2. The summed E-state index contributed by atoms with van der Waals surface area (Å²) < 4.78 is 5.59. The molecule has 19 heavy (non-hydrogen) atoms. The Labute approximate surface area is 120 Å². The van der Waals surface area contributed by atoms with Gasteiger partial charge < -0.3 is 10.1 Å².